The van der Waals surface area contributed by atoms with Crippen LogP contribution in [0.3, 0.4) is 0 Å². The van der Waals surface area contributed by atoms with Crippen molar-refractivity contribution in [3.63, 3.8) is 0 Å². The lowest BCUT2D eigenvalue weighted by Crippen LogP contribution is -2.28. The number of anilines is 2. The molecule has 160 valence electrons. The molecule has 1 amide bonds. The minimum atomic E-state index is -0.415. The van der Waals surface area contributed by atoms with Gasteiger partial charge >= 0.3 is 0 Å². The number of rotatable bonds is 5. The lowest BCUT2D eigenvalue weighted by Gasteiger charge is -2.27. The van der Waals surface area contributed by atoms with Crippen molar-refractivity contribution >= 4 is 52.1 Å². The van der Waals surface area contributed by atoms with Crippen LogP contribution in [-0.4, -0.2) is 24.1 Å². The van der Waals surface area contributed by atoms with Crippen LogP contribution in [0.1, 0.15) is 27.9 Å². The van der Waals surface area contributed by atoms with Crippen LogP contribution in [-0.2, 0) is 12.8 Å². The lowest BCUT2D eigenvalue weighted by atomic mass is 10.0. The highest BCUT2D eigenvalue weighted by molar-refractivity contribution is 6.36. The second-order valence-corrected chi connectivity index (χ2v) is 8.73. The van der Waals surface area contributed by atoms with E-state index in [9.17, 15) is 9.90 Å². The predicted octanol–water partition coefficient (Wildman–Crippen LogP) is 6.41. The van der Waals surface area contributed by atoms with Crippen molar-refractivity contribution in [2.24, 2.45) is 0 Å². The summed E-state index contributed by atoms with van der Waals surface area (Å²) in [5.74, 6) is -0.685. The van der Waals surface area contributed by atoms with Crippen molar-refractivity contribution in [3.8, 4) is 5.75 Å². The third kappa shape index (κ3) is 4.77. The number of benzene rings is 3. The molecule has 1 aliphatic rings. The van der Waals surface area contributed by atoms with E-state index in [1.807, 2.05) is 18.2 Å². The van der Waals surface area contributed by atoms with Gasteiger partial charge in [0, 0.05) is 34.5 Å². The number of hydrogen-bond donors (Lipinski definition) is 2. The number of fused-ring (bicyclic) bond motifs is 2. The molecule has 4 rings (SSSR count). The highest BCUT2D eigenvalue weighted by Crippen LogP contribution is 2.37. The molecule has 4 nitrogen and oxygen atoms in total. The van der Waals surface area contributed by atoms with Crippen molar-refractivity contribution in [2.45, 2.75) is 19.3 Å². The first-order chi connectivity index (χ1) is 14.9. The molecule has 2 N–H and O–H groups in total. The van der Waals surface area contributed by atoms with E-state index in [-0.39, 0.29) is 16.3 Å². The van der Waals surface area contributed by atoms with Crippen molar-refractivity contribution in [1.29, 1.82) is 0 Å². The van der Waals surface area contributed by atoms with E-state index in [1.54, 1.807) is 0 Å². The molecule has 7 heteroatoms. The average molecular weight is 476 g/mol. The molecule has 0 atom stereocenters. The summed E-state index contributed by atoms with van der Waals surface area (Å²) in [6, 6.07) is 17.2. The Morgan fingerprint density at radius 2 is 1.68 bits per heavy atom. The van der Waals surface area contributed by atoms with Crippen LogP contribution in [0, 0.1) is 0 Å². The molecule has 0 spiro atoms. The highest BCUT2D eigenvalue weighted by Gasteiger charge is 2.21. The first-order valence-electron chi connectivity index (χ1n) is 10.0. The Balaban J connectivity index is 1.49. The molecule has 0 unspecified atom stereocenters. The third-order valence-electron chi connectivity index (χ3n) is 5.40. The summed E-state index contributed by atoms with van der Waals surface area (Å²) in [7, 11) is 0. The Hall–Kier alpha value is -2.40. The first kappa shape index (κ1) is 21.8. The first-order valence-corrected chi connectivity index (χ1v) is 11.2. The Morgan fingerprint density at radius 3 is 2.48 bits per heavy atom. The smallest absolute Gasteiger partial charge is 0.255 e. The van der Waals surface area contributed by atoms with Gasteiger partial charge in [-0.3, -0.25) is 4.79 Å². The molecule has 0 bridgehead atoms. The van der Waals surface area contributed by atoms with Gasteiger partial charge in [0.25, 0.3) is 5.91 Å². The summed E-state index contributed by atoms with van der Waals surface area (Å²) in [5.41, 5.74) is 4.87. The summed E-state index contributed by atoms with van der Waals surface area (Å²) >= 11 is 18.2. The normalized spacial score (nSPS) is 12.7. The van der Waals surface area contributed by atoms with Crippen LogP contribution in [0.25, 0.3) is 0 Å². The van der Waals surface area contributed by atoms with E-state index in [2.05, 4.69) is 34.5 Å². The van der Waals surface area contributed by atoms with Crippen LogP contribution >= 0.6 is 34.8 Å². The van der Waals surface area contributed by atoms with E-state index < -0.39 is 5.91 Å². The summed E-state index contributed by atoms with van der Waals surface area (Å²) in [6.45, 7) is 1.13. The largest absolute Gasteiger partial charge is 0.506 e. The van der Waals surface area contributed by atoms with E-state index in [1.165, 1.54) is 23.3 Å². The minimum Gasteiger partial charge on any atom is -0.506 e. The Kier molecular flexibility index (Phi) is 6.61. The van der Waals surface area contributed by atoms with Gasteiger partial charge in [0.2, 0.25) is 0 Å². The fourth-order valence-corrected chi connectivity index (χ4v) is 4.56. The van der Waals surface area contributed by atoms with E-state index in [4.69, 9.17) is 34.8 Å². The molecule has 0 saturated heterocycles. The van der Waals surface area contributed by atoms with Crippen molar-refractivity contribution in [1.82, 2.24) is 5.32 Å². The van der Waals surface area contributed by atoms with Crippen LogP contribution in [0.15, 0.2) is 54.6 Å². The van der Waals surface area contributed by atoms with Gasteiger partial charge in [0.05, 0.1) is 10.6 Å². The number of phenols is 1. The van der Waals surface area contributed by atoms with Gasteiger partial charge in [-0.05, 0) is 60.7 Å². The fraction of sp³-hybridized carbons (Fsp3) is 0.208. The van der Waals surface area contributed by atoms with Gasteiger partial charge < -0.3 is 15.3 Å². The molecule has 0 aliphatic carbocycles. The number of aromatic hydroxyl groups is 1. The molecule has 31 heavy (non-hydrogen) atoms. The van der Waals surface area contributed by atoms with Gasteiger partial charge in [-0.25, -0.2) is 0 Å². The van der Waals surface area contributed by atoms with Gasteiger partial charge in [0.1, 0.15) is 5.75 Å². The number of carbonyl (C=O) groups is 1. The Bertz CT molecular complexity index is 1130. The van der Waals surface area contributed by atoms with E-state index in [0.29, 0.717) is 29.6 Å². The zero-order valence-electron chi connectivity index (χ0n) is 16.7. The summed E-state index contributed by atoms with van der Waals surface area (Å²) in [5, 5.41) is 13.9. The number of hydrogen-bond acceptors (Lipinski definition) is 3. The zero-order valence-corrected chi connectivity index (χ0v) is 18.9. The van der Waals surface area contributed by atoms with Crippen molar-refractivity contribution < 1.29 is 9.90 Å². The quantitative estimate of drug-likeness (QED) is 0.419. The SMILES string of the molecule is O=C(NCCCN1c2ccccc2CCc2ccc(Cl)cc21)c1cc(Cl)cc(Cl)c1O. The second kappa shape index (κ2) is 9.39. The van der Waals surface area contributed by atoms with Gasteiger partial charge in [-0.1, -0.05) is 59.1 Å². The molecule has 0 radical (unpaired) electrons. The molecule has 3 aromatic rings. The standard InChI is InChI=1S/C24H21Cl3N2O2/c25-17-9-8-16-7-6-15-4-1-2-5-21(15)29(22(16)14-17)11-3-10-28-24(31)19-12-18(26)13-20(27)23(19)30/h1-2,4-5,8-9,12-14,30H,3,6-7,10-11H2,(H,28,31). The number of amides is 1. The lowest BCUT2D eigenvalue weighted by molar-refractivity contribution is 0.0951. The molecule has 0 saturated carbocycles. The summed E-state index contributed by atoms with van der Waals surface area (Å²) in [4.78, 5) is 14.8. The molecular weight excluding hydrogens is 455 g/mol. The number of carbonyl (C=O) groups excluding carboxylic acids is 1. The number of phenolic OH excluding ortho intramolecular Hbond substituents is 1. The second-order valence-electron chi connectivity index (χ2n) is 7.45. The maximum absolute atomic E-state index is 12.5. The zero-order chi connectivity index (χ0) is 22.0. The fourth-order valence-electron chi connectivity index (χ4n) is 3.90. The molecular formula is C24H21Cl3N2O2. The Labute approximate surface area is 196 Å². The van der Waals surface area contributed by atoms with Gasteiger partial charge in [0.15, 0.2) is 0 Å². The van der Waals surface area contributed by atoms with Gasteiger partial charge in [-0.2, -0.15) is 0 Å². The number of aryl methyl sites for hydroxylation is 2. The topological polar surface area (TPSA) is 52.6 Å². The Morgan fingerprint density at radius 1 is 0.935 bits per heavy atom. The van der Waals surface area contributed by atoms with Gasteiger partial charge in [-0.15, -0.1) is 0 Å². The van der Waals surface area contributed by atoms with Crippen LogP contribution in [0.5, 0.6) is 5.75 Å². The van der Waals surface area contributed by atoms with E-state index in [0.717, 1.165) is 24.2 Å². The maximum atomic E-state index is 12.5. The molecule has 1 heterocycles. The van der Waals surface area contributed by atoms with Crippen LogP contribution < -0.4 is 10.2 Å². The molecule has 1 aliphatic heterocycles. The van der Waals surface area contributed by atoms with Crippen LogP contribution in [0.2, 0.25) is 15.1 Å². The summed E-state index contributed by atoms with van der Waals surface area (Å²) in [6.07, 6.45) is 2.61. The minimum absolute atomic E-state index is 0.0484. The number of nitrogens with zero attached hydrogens (tertiary/aromatic N) is 1. The molecule has 0 aromatic heterocycles. The molecule has 0 fully saturated rings. The summed E-state index contributed by atoms with van der Waals surface area (Å²) < 4.78 is 0. The van der Waals surface area contributed by atoms with Crippen molar-refractivity contribution in [3.05, 3.63) is 86.4 Å². The maximum Gasteiger partial charge on any atom is 0.255 e. The third-order valence-corrected chi connectivity index (χ3v) is 6.14. The van der Waals surface area contributed by atoms with Crippen molar-refractivity contribution in [2.75, 3.05) is 18.0 Å². The number of halogens is 3. The highest BCUT2D eigenvalue weighted by atomic mass is 35.5. The predicted molar refractivity (Wildman–Crippen MR) is 127 cm³/mol. The monoisotopic (exact) mass is 474 g/mol. The van der Waals surface area contributed by atoms with E-state index >= 15 is 0 Å². The number of para-hydroxylation sites is 1. The number of nitrogens with one attached hydrogen (secondary N) is 1. The van der Waals surface area contributed by atoms with Crippen LogP contribution in [0.4, 0.5) is 11.4 Å². The molecule has 3 aromatic carbocycles. The average Bonchev–Trinajstić information content (AvgIpc) is 2.90.